The van der Waals surface area contributed by atoms with E-state index in [9.17, 15) is 5.11 Å². The molecule has 0 aliphatic carbocycles. The quantitative estimate of drug-likeness (QED) is 0.0972. The third-order valence-corrected chi connectivity index (χ3v) is 13.7. The maximum absolute atomic E-state index is 9.75. The first-order chi connectivity index (χ1) is 22.4. The Labute approximate surface area is 275 Å². The average Bonchev–Trinajstić information content (AvgIpc) is 3.10. The zero-order chi connectivity index (χ0) is 32.3. The summed E-state index contributed by atoms with van der Waals surface area (Å²) < 4.78 is 20.6. The predicted molar refractivity (Wildman–Crippen MR) is 190 cm³/mol. The van der Waals surface area contributed by atoms with Gasteiger partial charge in [-0.15, -0.1) is 0 Å². The Morgan fingerprint density at radius 3 is 1.33 bits per heavy atom. The molecule has 0 aromatic heterocycles. The molecule has 1 unspecified atom stereocenters. The van der Waals surface area contributed by atoms with Gasteiger partial charge in [0.05, 0.1) is 25.9 Å². The molecule has 1 atom stereocenters. The minimum atomic E-state index is -2.71. The van der Waals surface area contributed by atoms with E-state index >= 15 is 0 Å². The Hall–Kier alpha value is -3.84. The molecule has 5 heteroatoms. The molecular formula is C41H46O4Si. The highest BCUT2D eigenvalue weighted by molar-refractivity contribution is 6.99. The molecule has 0 saturated heterocycles. The standard InChI is InChI=1S/C41H46O4Si/c1-40(2,3)46(38-25-15-7-16-26-38,39-27-17-8-18-28-39)45-31-29-37(43-32-30-42)33-44-41(34-19-9-4-10-20-34,35-21-11-5-12-22-35)36-23-13-6-14-24-36/h4-28,37,42H,29-33H2,1-3H3. The fourth-order valence-electron chi connectivity index (χ4n) is 6.53. The largest absolute Gasteiger partial charge is 0.407 e. The second kappa shape index (κ2) is 15.6. The minimum Gasteiger partial charge on any atom is -0.407 e. The molecule has 5 aromatic carbocycles. The summed E-state index contributed by atoms with van der Waals surface area (Å²) >= 11 is 0. The SMILES string of the molecule is CC(C)(C)[Si](OCCC(COC(c1ccccc1)(c1ccccc1)c1ccccc1)OCCO)(c1ccccc1)c1ccccc1. The molecule has 5 aromatic rings. The van der Waals surface area contributed by atoms with Crippen molar-refractivity contribution in [3.8, 4) is 0 Å². The molecule has 0 aliphatic rings. The number of aliphatic hydroxyl groups is 1. The van der Waals surface area contributed by atoms with Crippen molar-refractivity contribution in [3.05, 3.63) is 168 Å². The van der Waals surface area contributed by atoms with Crippen molar-refractivity contribution in [2.75, 3.05) is 26.4 Å². The summed E-state index contributed by atoms with van der Waals surface area (Å²) in [4.78, 5) is 0. The Morgan fingerprint density at radius 1 is 0.565 bits per heavy atom. The third-order valence-electron chi connectivity index (χ3n) is 8.65. The molecule has 238 valence electrons. The molecule has 46 heavy (non-hydrogen) atoms. The monoisotopic (exact) mass is 630 g/mol. The molecule has 0 heterocycles. The van der Waals surface area contributed by atoms with E-state index in [1.165, 1.54) is 10.4 Å². The normalized spacial score (nSPS) is 13.0. The summed E-state index contributed by atoms with van der Waals surface area (Å²) in [6.07, 6.45) is 0.305. The van der Waals surface area contributed by atoms with Crippen LogP contribution in [0.15, 0.2) is 152 Å². The van der Waals surface area contributed by atoms with Gasteiger partial charge in [0.1, 0.15) is 5.60 Å². The summed E-state index contributed by atoms with van der Waals surface area (Å²) in [5.41, 5.74) is 2.26. The second-order valence-electron chi connectivity index (χ2n) is 12.6. The summed E-state index contributed by atoms with van der Waals surface area (Å²) in [7, 11) is -2.71. The van der Waals surface area contributed by atoms with Gasteiger partial charge >= 0.3 is 0 Å². The highest BCUT2D eigenvalue weighted by atomic mass is 28.4. The number of rotatable bonds is 15. The van der Waals surface area contributed by atoms with Crippen molar-refractivity contribution in [1.82, 2.24) is 0 Å². The Bertz CT molecular complexity index is 1440. The average molecular weight is 631 g/mol. The molecule has 5 rings (SSSR count). The zero-order valence-corrected chi connectivity index (χ0v) is 28.2. The number of ether oxygens (including phenoxy) is 2. The van der Waals surface area contributed by atoms with Crippen LogP contribution in [0.2, 0.25) is 5.04 Å². The van der Waals surface area contributed by atoms with Gasteiger partial charge in [0, 0.05) is 6.61 Å². The predicted octanol–water partition coefficient (Wildman–Crippen LogP) is 7.34. The molecule has 0 aliphatic heterocycles. The lowest BCUT2D eigenvalue weighted by molar-refractivity contribution is -0.0756. The van der Waals surface area contributed by atoms with Crippen LogP contribution in [0.1, 0.15) is 43.9 Å². The first-order valence-electron chi connectivity index (χ1n) is 16.2. The van der Waals surface area contributed by atoms with Crippen molar-refractivity contribution < 1.29 is 19.0 Å². The lowest BCUT2D eigenvalue weighted by Crippen LogP contribution is -2.66. The molecule has 1 N–H and O–H groups in total. The van der Waals surface area contributed by atoms with E-state index in [0.29, 0.717) is 19.6 Å². The maximum Gasteiger partial charge on any atom is 0.261 e. The van der Waals surface area contributed by atoms with E-state index in [2.05, 4.69) is 154 Å². The van der Waals surface area contributed by atoms with Crippen molar-refractivity contribution in [2.45, 2.75) is 43.9 Å². The molecule has 0 fully saturated rings. The summed E-state index contributed by atoms with van der Waals surface area (Å²) in [6, 6.07) is 52.5. The first-order valence-corrected chi connectivity index (χ1v) is 18.1. The van der Waals surface area contributed by atoms with Gasteiger partial charge in [0.15, 0.2) is 0 Å². The van der Waals surface area contributed by atoms with Gasteiger partial charge in [-0.25, -0.2) is 0 Å². The van der Waals surface area contributed by atoms with Gasteiger partial charge < -0.3 is 19.0 Å². The molecule has 0 bridgehead atoms. The van der Waals surface area contributed by atoms with Crippen LogP contribution in [0, 0.1) is 0 Å². The molecular weight excluding hydrogens is 585 g/mol. The second-order valence-corrected chi connectivity index (χ2v) is 16.9. The van der Waals surface area contributed by atoms with Crippen molar-refractivity contribution >= 4 is 18.7 Å². The lowest BCUT2D eigenvalue weighted by Gasteiger charge is -2.43. The van der Waals surface area contributed by atoms with E-state index in [4.69, 9.17) is 13.9 Å². The van der Waals surface area contributed by atoms with E-state index < -0.39 is 13.9 Å². The highest BCUT2D eigenvalue weighted by Gasteiger charge is 2.50. The van der Waals surface area contributed by atoms with Gasteiger partial charge in [-0.05, 0) is 38.5 Å². The Morgan fingerprint density at radius 2 is 0.957 bits per heavy atom. The summed E-state index contributed by atoms with van der Waals surface area (Å²) in [5, 5.41) is 12.1. The van der Waals surface area contributed by atoms with E-state index in [-0.39, 0.29) is 24.4 Å². The molecule has 4 nitrogen and oxygen atoms in total. The number of hydrogen-bond donors (Lipinski definition) is 1. The van der Waals surface area contributed by atoms with Crippen LogP contribution < -0.4 is 10.4 Å². The Kier molecular flexibility index (Phi) is 11.4. The Balaban J connectivity index is 1.47. The van der Waals surface area contributed by atoms with Crippen molar-refractivity contribution in [3.63, 3.8) is 0 Å². The topological polar surface area (TPSA) is 47.9 Å². The van der Waals surface area contributed by atoms with Gasteiger partial charge in [0.25, 0.3) is 8.32 Å². The van der Waals surface area contributed by atoms with Crippen molar-refractivity contribution in [1.29, 1.82) is 0 Å². The number of aliphatic hydroxyl groups excluding tert-OH is 1. The zero-order valence-electron chi connectivity index (χ0n) is 27.2. The van der Waals surface area contributed by atoms with Crippen LogP contribution in [0.4, 0.5) is 0 Å². The van der Waals surface area contributed by atoms with E-state index in [0.717, 1.165) is 16.7 Å². The molecule has 0 amide bonds. The van der Waals surface area contributed by atoms with E-state index in [1.807, 2.05) is 18.2 Å². The molecule has 0 spiro atoms. The summed E-state index contributed by atoms with van der Waals surface area (Å²) in [6.45, 7) is 7.82. The summed E-state index contributed by atoms with van der Waals surface area (Å²) in [5.74, 6) is 0. The minimum absolute atomic E-state index is 0.0622. The van der Waals surface area contributed by atoms with Gasteiger partial charge in [-0.2, -0.15) is 0 Å². The van der Waals surface area contributed by atoms with Gasteiger partial charge in [-0.3, -0.25) is 0 Å². The molecule has 0 saturated carbocycles. The fraction of sp³-hybridized carbons (Fsp3) is 0.268. The maximum atomic E-state index is 9.75. The third kappa shape index (κ3) is 7.25. The number of benzene rings is 5. The van der Waals surface area contributed by atoms with Crippen LogP contribution in [0.3, 0.4) is 0 Å². The van der Waals surface area contributed by atoms with Crippen LogP contribution in [0.25, 0.3) is 0 Å². The van der Waals surface area contributed by atoms with E-state index in [1.54, 1.807) is 0 Å². The van der Waals surface area contributed by atoms with Gasteiger partial charge in [0.2, 0.25) is 0 Å². The van der Waals surface area contributed by atoms with Gasteiger partial charge in [-0.1, -0.05) is 172 Å². The fourth-order valence-corrected chi connectivity index (χ4v) is 11.1. The smallest absolute Gasteiger partial charge is 0.261 e. The van der Waals surface area contributed by atoms with Crippen LogP contribution in [-0.2, 0) is 19.5 Å². The van der Waals surface area contributed by atoms with Crippen LogP contribution in [0.5, 0.6) is 0 Å². The molecule has 0 radical (unpaired) electrons. The van der Waals surface area contributed by atoms with Crippen molar-refractivity contribution in [2.24, 2.45) is 0 Å². The first kappa shape index (κ1) is 33.5. The lowest BCUT2D eigenvalue weighted by atomic mass is 9.80. The van der Waals surface area contributed by atoms with Crippen LogP contribution in [-0.4, -0.2) is 46.0 Å². The highest BCUT2D eigenvalue weighted by Crippen LogP contribution is 2.41. The number of hydrogen-bond acceptors (Lipinski definition) is 4. The van der Waals surface area contributed by atoms with Crippen LogP contribution >= 0.6 is 0 Å².